The molecule has 6 heteroatoms. The van der Waals surface area contributed by atoms with E-state index in [-0.39, 0.29) is 16.7 Å². The van der Waals surface area contributed by atoms with E-state index in [1.807, 2.05) is 13.8 Å². The molecule has 0 amide bonds. The first kappa shape index (κ1) is 14.8. The number of rotatable bonds is 6. The van der Waals surface area contributed by atoms with E-state index >= 15 is 0 Å². The highest BCUT2D eigenvalue weighted by Crippen LogP contribution is 2.26. The predicted octanol–water partition coefficient (Wildman–Crippen LogP) is 1.51. The maximum absolute atomic E-state index is 11.5. The minimum atomic E-state index is -3.30. The number of hydrogen-bond donors (Lipinski definition) is 2. The highest BCUT2D eigenvalue weighted by atomic mass is 32.2. The van der Waals surface area contributed by atoms with Crippen LogP contribution in [-0.2, 0) is 14.6 Å². The summed E-state index contributed by atoms with van der Waals surface area (Å²) >= 11 is 0. The Labute approximate surface area is 108 Å². The molecule has 5 nitrogen and oxygen atoms in total. The zero-order chi connectivity index (χ0) is 13.8. The second-order valence-corrected chi connectivity index (χ2v) is 6.12. The van der Waals surface area contributed by atoms with Crippen molar-refractivity contribution in [3.63, 3.8) is 0 Å². The lowest BCUT2D eigenvalue weighted by molar-refractivity contribution is 0.0855. The predicted molar refractivity (Wildman–Crippen MR) is 73.5 cm³/mol. The van der Waals surface area contributed by atoms with Gasteiger partial charge in [-0.05, 0) is 26.0 Å². The molecule has 102 valence electrons. The van der Waals surface area contributed by atoms with Crippen molar-refractivity contribution in [2.24, 2.45) is 0 Å². The molecule has 0 saturated carbocycles. The molecular weight excluding hydrogens is 252 g/mol. The number of benzene rings is 1. The van der Waals surface area contributed by atoms with E-state index in [1.165, 1.54) is 6.07 Å². The Bertz CT molecular complexity index is 500. The van der Waals surface area contributed by atoms with E-state index in [1.54, 1.807) is 12.1 Å². The van der Waals surface area contributed by atoms with Crippen LogP contribution >= 0.6 is 0 Å². The van der Waals surface area contributed by atoms with Crippen LogP contribution in [0.4, 0.5) is 11.4 Å². The van der Waals surface area contributed by atoms with E-state index in [9.17, 15) is 8.42 Å². The van der Waals surface area contributed by atoms with Gasteiger partial charge in [0.2, 0.25) is 0 Å². The number of ether oxygens (including phenoxy) is 1. The van der Waals surface area contributed by atoms with Crippen LogP contribution in [0.5, 0.6) is 0 Å². The van der Waals surface area contributed by atoms with Crippen LogP contribution in [0, 0.1) is 0 Å². The number of hydrogen-bond acceptors (Lipinski definition) is 5. The Morgan fingerprint density at radius 1 is 1.44 bits per heavy atom. The standard InChI is InChI=1S/C12H20N2O3S/c1-4-17-9(2)8-14-10-6-5-7-11(12(10)13)18(3,15)16/h5-7,9,14H,4,8,13H2,1-3H3. The Hall–Kier alpha value is -1.27. The van der Waals surface area contributed by atoms with Gasteiger partial charge in [-0.25, -0.2) is 8.42 Å². The van der Waals surface area contributed by atoms with Gasteiger partial charge in [-0.15, -0.1) is 0 Å². The maximum Gasteiger partial charge on any atom is 0.177 e. The monoisotopic (exact) mass is 272 g/mol. The van der Waals surface area contributed by atoms with Gasteiger partial charge < -0.3 is 15.8 Å². The molecule has 0 aliphatic rings. The SMILES string of the molecule is CCOC(C)CNc1cccc(S(C)(=O)=O)c1N. The lowest BCUT2D eigenvalue weighted by Gasteiger charge is -2.16. The third-order valence-corrected chi connectivity index (χ3v) is 3.65. The van der Waals surface area contributed by atoms with Crippen LogP contribution < -0.4 is 11.1 Å². The van der Waals surface area contributed by atoms with Gasteiger partial charge in [-0.3, -0.25) is 0 Å². The summed E-state index contributed by atoms with van der Waals surface area (Å²) in [7, 11) is -3.30. The number of nitrogens with one attached hydrogen (secondary N) is 1. The Kier molecular flexibility index (Phi) is 4.98. The highest BCUT2D eigenvalue weighted by molar-refractivity contribution is 7.90. The number of nitrogen functional groups attached to an aromatic ring is 1. The number of sulfone groups is 1. The molecule has 0 saturated heterocycles. The van der Waals surface area contributed by atoms with E-state index in [0.717, 1.165) is 6.26 Å². The molecule has 1 unspecified atom stereocenters. The average Bonchev–Trinajstić information content (AvgIpc) is 2.26. The van der Waals surface area contributed by atoms with Gasteiger partial charge in [-0.1, -0.05) is 6.07 Å². The number of para-hydroxylation sites is 1. The van der Waals surface area contributed by atoms with Crippen molar-refractivity contribution in [3.8, 4) is 0 Å². The Morgan fingerprint density at radius 3 is 2.67 bits per heavy atom. The smallest absolute Gasteiger partial charge is 0.177 e. The van der Waals surface area contributed by atoms with Crippen LogP contribution in [0.3, 0.4) is 0 Å². The van der Waals surface area contributed by atoms with E-state index in [2.05, 4.69) is 5.32 Å². The van der Waals surface area contributed by atoms with Crippen molar-refractivity contribution in [1.82, 2.24) is 0 Å². The van der Waals surface area contributed by atoms with Gasteiger partial charge in [0.25, 0.3) is 0 Å². The molecule has 0 aliphatic carbocycles. The summed E-state index contributed by atoms with van der Waals surface area (Å²) in [6.07, 6.45) is 1.18. The van der Waals surface area contributed by atoms with Gasteiger partial charge in [-0.2, -0.15) is 0 Å². The van der Waals surface area contributed by atoms with Crippen molar-refractivity contribution in [2.75, 3.05) is 30.5 Å². The molecule has 18 heavy (non-hydrogen) atoms. The zero-order valence-electron chi connectivity index (χ0n) is 10.9. The molecule has 0 spiro atoms. The van der Waals surface area contributed by atoms with Crippen LogP contribution in [0.15, 0.2) is 23.1 Å². The van der Waals surface area contributed by atoms with Crippen molar-refractivity contribution in [3.05, 3.63) is 18.2 Å². The summed E-state index contributed by atoms with van der Waals surface area (Å²) in [5.74, 6) is 0. The molecule has 1 aromatic rings. The Morgan fingerprint density at radius 2 is 2.11 bits per heavy atom. The quantitative estimate of drug-likeness (QED) is 0.767. The number of anilines is 2. The average molecular weight is 272 g/mol. The van der Waals surface area contributed by atoms with Crippen molar-refractivity contribution < 1.29 is 13.2 Å². The molecule has 0 radical (unpaired) electrons. The molecule has 0 aromatic heterocycles. The molecule has 1 rings (SSSR count). The first-order chi connectivity index (χ1) is 8.36. The van der Waals surface area contributed by atoms with Crippen LogP contribution in [0.2, 0.25) is 0 Å². The van der Waals surface area contributed by atoms with Gasteiger partial charge in [0.15, 0.2) is 9.84 Å². The van der Waals surface area contributed by atoms with Crippen molar-refractivity contribution in [2.45, 2.75) is 24.8 Å². The van der Waals surface area contributed by atoms with Crippen LogP contribution in [0.1, 0.15) is 13.8 Å². The lowest BCUT2D eigenvalue weighted by atomic mass is 10.2. The zero-order valence-corrected chi connectivity index (χ0v) is 11.8. The molecule has 0 bridgehead atoms. The van der Waals surface area contributed by atoms with Crippen molar-refractivity contribution in [1.29, 1.82) is 0 Å². The minimum absolute atomic E-state index is 0.0382. The first-order valence-electron chi connectivity index (χ1n) is 5.80. The summed E-state index contributed by atoms with van der Waals surface area (Å²) in [6, 6.07) is 4.92. The molecule has 1 aromatic carbocycles. The van der Waals surface area contributed by atoms with Crippen LogP contribution in [-0.4, -0.2) is 33.9 Å². The molecule has 0 fully saturated rings. The maximum atomic E-state index is 11.5. The summed E-state index contributed by atoms with van der Waals surface area (Å²) in [5, 5.41) is 3.10. The minimum Gasteiger partial charge on any atom is -0.396 e. The molecule has 0 heterocycles. The highest BCUT2D eigenvalue weighted by Gasteiger charge is 2.14. The van der Waals surface area contributed by atoms with Gasteiger partial charge >= 0.3 is 0 Å². The van der Waals surface area contributed by atoms with Gasteiger partial charge in [0.1, 0.15) is 0 Å². The summed E-state index contributed by atoms with van der Waals surface area (Å²) in [6.45, 7) is 5.08. The summed E-state index contributed by atoms with van der Waals surface area (Å²) in [5.41, 5.74) is 6.72. The molecule has 1 atom stereocenters. The topological polar surface area (TPSA) is 81.4 Å². The van der Waals surface area contributed by atoms with Gasteiger partial charge in [0, 0.05) is 19.4 Å². The fourth-order valence-corrected chi connectivity index (χ4v) is 2.45. The summed E-state index contributed by atoms with van der Waals surface area (Å²) in [4.78, 5) is 0.150. The fourth-order valence-electron chi connectivity index (χ4n) is 1.62. The molecule has 0 aliphatic heterocycles. The van der Waals surface area contributed by atoms with Crippen molar-refractivity contribution >= 4 is 21.2 Å². The molecule has 3 N–H and O–H groups in total. The largest absolute Gasteiger partial charge is 0.396 e. The fraction of sp³-hybridized carbons (Fsp3) is 0.500. The molecular formula is C12H20N2O3S. The second-order valence-electron chi connectivity index (χ2n) is 4.14. The Balaban J connectivity index is 2.85. The third-order valence-electron chi connectivity index (χ3n) is 2.50. The lowest BCUT2D eigenvalue weighted by Crippen LogP contribution is -2.20. The van der Waals surface area contributed by atoms with E-state index in [0.29, 0.717) is 18.8 Å². The first-order valence-corrected chi connectivity index (χ1v) is 7.69. The van der Waals surface area contributed by atoms with Crippen LogP contribution in [0.25, 0.3) is 0 Å². The normalized spacial score (nSPS) is 13.3. The third kappa shape index (κ3) is 3.89. The number of nitrogens with two attached hydrogens (primary N) is 1. The van der Waals surface area contributed by atoms with E-state index < -0.39 is 9.84 Å². The van der Waals surface area contributed by atoms with Gasteiger partial charge in [0.05, 0.1) is 22.4 Å². The summed E-state index contributed by atoms with van der Waals surface area (Å²) < 4.78 is 28.4. The second kappa shape index (κ2) is 6.06. The van der Waals surface area contributed by atoms with E-state index in [4.69, 9.17) is 10.5 Å².